The van der Waals surface area contributed by atoms with Crippen molar-refractivity contribution in [2.24, 2.45) is 0 Å². The number of hydrogen-bond acceptors (Lipinski definition) is 7. The highest BCUT2D eigenvalue weighted by molar-refractivity contribution is 5.95. The summed E-state index contributed by atoms with van der Waals surface area (Å²) in [7, 11) is 0. The fourth-order valence-corrected chi connectivity index (χ4v) is 6.62. The fraction of sp³-hybridized carbons (Fsp3) is 0.425. The van der Waals surface area contributed by atoms with Gasteiger partial charge in [0.05, 0.1) is 0 Å². The van der Waals surface area contributed by atoms with E-state index in [4.69, 9.17) is 9.47 Å². The molecular weight excluding hydrogens is 648 g/mol. The first-order valence-electron chi connectivity index (χ1n) is 17.7. The number of nitrogens with zero attached hydrogens (tertiary/aromatic N) is 2. The summed E-state index contributed by atoms with van der Waals surface area (Å²) in [5, 5.41) is 5.69. The molecule has 0 saturated carbocycles. The normalized spacial score (nSPS) is 18.4. The number of benzene rings is 3. The summed E-state index contributed by atoms with van der Waals surface area (Å²) in [6, 6.07) is 24.4. The van der Waals surface area contributed by atoms with E-state index in [1.54, 1.807) is 20.8 Å². The van der Waals surface area contributed by atoms with E-state index in [9.17, 15) is 24.0 Å². The lowest BCUT2D eigenvalue weighted by molar-refractivity contribution is -0.155. The van der Waals surface area contributed by atoms with Crippen molar-refractivity contribution in [2.75, 3.05) is 13.1 Å². The van der Waals surface area contributed by atoms with E-state index in [2.05, 4.69) is 10.6 Å². The number of alkyl carbamates (subject to hydrolysis) is 1. The Morgan fingerprint density at radius 1 is 0.667 bits per heavy atom. The van der Waals surface area contributed by atoms with Crippen molar-refractivity contribution < 1.29 is 33.4 Å². The topological polar surface area (TPSA) is 134 Å². The monoisotopic (exact) mass is 696 g/mol. The van der Waals surface area contributed by atoms with Gasteiger partial charge in [-0.3, -0.25) is 14.4 Å². The molecule has 0 radical (unpaired) electrons. The van der Waals surface area contributed by atoms with Crippen molar-refractivity contribution in [3.8, 4) is 0 Å². The zero-order chi connectivity index (χ0) is 36.4. The Bertz CT molecular complexity index is 1650. The van der Waals surface area contributed by atoms with Crippen LogP contribution in [0.3, 0.4) is 0 Å². The van der Waals surface area contributed by atoms with Crippen LogP contribution in [0.25, 0.3) is 0 Å². The summed E-state index contributed by atoms with van der Waals surface area (Å²) in [4.78, 5) is 71.5. The SMILES string of the molecule is CC(C)(C)OC(=O)N[C@@H](Cc1ccccc1)C(=O)N1CCC[C@H]1C(=O)N[C@@H](Cc1ccccc1)C(=O)N1CCC[C@H]1C(=O)OCc1ccccc1. The predicted octanol–water partition coefficient (Wildman–Crippen LogP) is 4.58. The standard InChI is InChI=1S/C40H48N4O7/c1-40(2,3)51-39(49)42-32(26-29-17-9-5-10-18-29)37(47)43-23-13-21-33(43)35(45)41-31(25-28-15-7-4-8-16-28)36(46)44-24-14-22-34(44)38(48)50-27-30-19-11-6-12-20-30/h4-12,15-20,31-34H,13-14,21-27H2,1-3H3,(H,41,45)(H,42,49)/t31-,32-,33-,34-/m0/s1. The van der Waals surface area contributed by atoms with Crippen molar-refractivity contribution in [2.45, 2.75) is 95.7 Å². The largest absolute Gasteiger partial charge is 0.459 e. The number of ether oxygens (including phenoxy) is 2. The Labute approximate surface area is 299 Å². The number of amides is 4. The number of rotatable bonds is 12. The molecule has 4 atom stereocenters. The lowest BCUT2D eigenvalue weighted by Gasteiger charge is -2.32. The summed E-state index contributed by atoms with van der Waals surface area (Å²) in [5.41, 5.74) is 1.75. The molecule has 3 aromatic rings. The van der Waals surface area contributed by atoms with Gasteiger partial charge in [0.2, 0.25) is 17.7 Å². The van der Waals surface area contributed by atoms with Gasteiger partial charge in [-0.05, 0) is 63.1 Å². The van der Waals surface area contributed by atoms with Gasteiger partial charge in [0, 0.05) is 25.9 Å². The lowest BCUT2D eigenvalue weighted by Crippen LogP contribution is -2.58. The van der Waals surface area contributed by atoms with Crippen molar-refractivity contribution >= 4 is 29.8 Å². The minimum atomic E-state index is -0.986. The average molecular weight is 697 g/mol. The van der Waals surface area contributed by atoms with E-state index in [-0.39, 0.29) is 25.4 Å². The van der Waals surface area contributed by atoms with E-state index in [1.807, 2.05) is 91.0 Å². The van der Waals surface area contributed by atoms with Crippen molar-refractivity contribution in [1.29, 1.82) is 0 Å². The van der Waals surface area contributed by atoms with Crippen LogP contribution in [0, 0.1) is 0 Å². The van der Waals surface area contributed by atoms with Crippen molar-refractivity contribution in [3.05, 3.63) is 108 Å². The molecule has 0 unspecified atom stereocenters. The third-order valence-electron chi connectivity index (χ3n) is 9.04. The first-order chi connectivity index (χ1) is 24.5. The van der Waals surface area contributed by atoms with Gasteiger partial charge in [0.15, 0.2) is 0 Å². The summed E-state index contributed by atoms with van der Waals surface area (Å²) >= 11 is 0. The van der Waals surface area contributed by atoms with E-state index in [1.165, 1.54) is 9.80 Å². The number of carbonyl (C=O) groups excluding carboxylic acids is 5. The van der Waals surface area contributed by atoms with E-state index >= 15 is 0 Å². The van der Waals surface area contributed by atoms with Crippen LogP contribution < -0.4 is 10.6 Å². The highest BCUT2D eigenvalue weighted by Crippen LogP contribution is 2.24. The Balaban J connectivity index is 1.32. The molecule has 0 spiro atoms. The molecule has 0 aliphatic carbocycles. The molecule has 2 aliphatic rings. The van der Waals surface area contributed by atoms with Gasteiger partial charge in [0.1, 0.15) is 36.4 Å². The molecule has 4 amide bonds. The molecule has 11 nitrogen and oxygen atoms in total. The molecule has 2 aliphatic heterocycles. The molecular formula is C40H48N4O7. The second-order valence-corrected chi connectivity index (χ2v) is 14.1. The van der Waals surface area contributed by atoms with Crippen molar-refractivity contribution in [1.82, 2.24) is 20.4 Å². The van der Waals surface area contributed by atoms with Crippen LogP contribution in [0.15, 0.2) is 91.0 Å². The zero-order valence-electron chi connectivity index (χ0n) is 29.6. The van der Waals surface area contributed by atoms with Crippen LogP contribution in [0.1, 0.15) is 63.1 Å². The average Bonchev–Trinajstić information content (AvgIpc) is 3.81. The molecule has 11 heteroatoms. The molecule has 2 N–H and O–H groups in total. The fourth-order valence-electron chi connectivity index (χ4n) is 6.62. The third-order valence-corrected chi connectivity index (χ3v) is 9.04. The Hall–Kier alpha value is -5.19. The highest BCUT2D eigenvalue weighted by atomic mass is 16.6. The maximum Gasteiger partial charge on any atom is 0.408 e. The number of esters is 1. The Kier molecular flexibility index (Phi) is 12.5. The minimum Gasteiger partial charge on any atom is -0.459 e. The van der Waals surface area contributed by atoms with Gasteiger partial charge in [-0.1, -0.05) is 91.0 Å². The van der Waals surface area contributed by atoms with E-state index in [0.29, 0.717) is 38.8 Å². The van der Waals surface area contributed by atoms with Gasteiger partial charge in [-0.2, -0.15) is 0 Å². The zero-order valence-corrected chi connectivity index (χ0v) is 29.6. The molecule has 5 rings (SSSR count). The molecule has 2 fully saturated rings. The highest BCUT2D eigenvalue weighted by Gasteiger charge is 2.42. The van der Waals surface area contributed by atoms with Gasteiger partial charge < -0.3 is 29.9 Å². The van der Waals surface area contributed by atoms with Gasteiger partial charge in [-0.15, -0.1) is 0 Å². The summed E-state index contributed by atoms with van der Waals surface area (Å²) < 4.78 is 11.1. The maximum atomic E-state index is 14.2. The smallest absolute Gasteiger partial charge is 0.408 e. The molecule has 0 aromatic heterocycles. The van der Waals surface area contributed by atoms with E-state index in [0.717, 1.165) is 16.7 Å². The predicted molar refractivity (Wildman–Crippen MR) is 191 cm³/mol. The van der Waals surface area contributed by atoms with Crippen LogP contribution in [-0.2, 0) is 48.1 Å². The first kappa shape index (κ1) is 37.1. The number of nitrogens with one attached hydrogen (secondary N) is 2. The third kappa shape index (κ3) is 10.4. The Morgan fingerprint density at radius 3 is 1.63 bits per heavy atom. The lowest BCUT2D eigenvalue weighted by atomic mass is 10.0. The van der Waals surface area contributed by atoms with Crippen LogP contribution >= 0.6 is 0 Å². The number of hydrogen-bond donors (Lipinski definition) is 2. The summed E-state index contributed by atoms with van der Waals surface area (Å²) in [6.45, 7) is 6.00. The first-order valence-corrected chi connectivity index (χ1v) is 17.7. The molecule has 270 valence electrons. The molecule has 0 bridgehead atoms. The summed E-state index contributed by atoms with van der Waals surface area (Å²) in [6.07, 6.45) is 1.73. The van der Waals surface area contributed by atoms with Gasteiger partial charge >= 0.3 is 12.1 Å². The summed E-state index contributed by atoms with van der Waals surface area (Å²) in [5.74, 6) is -1.73. The molecule has 51 heavy (non-hydrogen) atoms. The van der Waals surface area contributed by atoms with Crippen LogP contribution in [-0.4, -0.2) is 82.4 Å². The number of carbonyl (C=O) groups is 5. The Morgan fingerprint density at radius 2 is 1.12 bits per heavy atom. The number of likely N-dealkylation sites (tertiary alicyclic amines) is 2. The molecule has 2 saturated heterocycles. The quantitative estimate of drug-likeness (QED) is 0.265. The maximum absolute atomic E-state index is 14.2. The van der Waals surface area contributed by atoms with Crippen LogP contribution in [0.5, 0.6) is 0 Å². The van der Waals surface area contributed by atoms with Crippen LogP contribution in [0.2, 0.25) is 0 Å². The molecule has 3 aromatic carbocycles. The van der Waals surface area contributed by atoms with E-state index < -0.39 is 53.6 Å². The molecule has 2 heterocycles. The minimum absolute atomic E-state index is 0.0992. The van der Waals surface area contributed by atoms with Gasteiger partial charge in [0.25, 0.3) is 0 Å². The second-order valence-electron chi connectivity index (χ2n) is 14.1. The van der Waals surface area contributed by atoms with Gasteiger partial charge in [-0.25, -0.2) is 9.59 Å². The van der Waals surface area contributed by atoms with Crippen molar-refractivity contribution in [3.63, 3.8) is 0 Å². The van der Waals surface area contributed by atoms with Crippen LogP contribution in [0.4, 0.5) is 4.79 Å². The second kappa shape index (κ2) is 17.2.